The highest BCUT2D eigenvalue weighted by molar-refractivity contribution is 6.00. The van der Waals surface area contributed by atoms with Crippen molar-refractivity contribution in [2.75, 3.05) is 12.4 Å². The van der Waals surface area contributed by atoms with E-state index in [0.717, 1.165) is 11.1 Å². The van der Waals surface area contributed by atoms with Crippen LogP contribution in [0.2, 0.25) is 0 Å². The number of anilines is 1. The second kappa shape index (κ2) is 9.75. The molecule has 1 aromatic heterocycles. The standard InChI is InChI=1S/C25H28F2N2O4/c1-5-24(31)12-14-25(15-13-24,18-9-7-6-8-17(18)16(2)3)22(30)28-19-10-11-20(32-4)29-21(19)33-23(26)27/h1,6-11,16,23,31H,12-15H2,2-4H3,(H,28,30). The van der Waals surface area contributed by atoms with Crippen LogP contribution in [0.5, 0.6) is 11.8 Å². The number of methoxy groups -OCH3 is 1. The fourth-order valence-electron chi connectivity index (χ4n) is 4.34. The van der Waals surface area contributed by atoms with Crippen LogP contribution in [0.4, 0.5) is 14.5 Å². The van der Waals surface area contributed by atoms with Crippen LogP contribution in [0.1, 0.15) is 56.6 Å². The van der Waals surface area contributed by atoms with Crippen molar-refractivity contribution in [3.05, 3.63) is 47.5 Å². The maximum absolute atomic E-state index is 13.8. The Labute approximate surface area is 192 Å². The Hall–Kier alpha value is -3.18. The number of nitrogens with one attached hydrogen (secondary N) is 1. The molecule has 0 saturated heterocycles. The summed E-state index contributed by atoms with van der Waals surface area (Å²) in [5.74, 6) is 1.80. The van der Waals surface area contributed by atoms with Crippen molar-refractivity contribution in [2.45, 2.75) is 63.1 Å². The molecule has 176 valence electrons. The normalized spacial score (nSPS) is 22.6. The molecule has 0 radical (unpaired) electrons. The lowest BCUT2D eigenvalue weighted by Gasteiger charge is -2.42. The number of ether oxygens (including phenoxy) is 2. The van der Waals surface area contributed by atoms with Crippen molar-refractivity contribution >= 4 is 11.6 Å². The molecule has 0 aliphatic heterocycles. The van der Waals surface area contributed by atoms with Gasteiger partial charge in [-0.3, -0.25) is 4.79 Å². The smallest absolute Gasteiger partial charge is 0.388 e. The van der Waals surface area contributed by atoms with Gasteiger partial charge in [0.05, 0.1) is 12.5 Å². The van der Waals surface area contributed by atoms with E-state index in [2.05, 4.69) is 21.0 Å². The number of halogens is 2. The van der Waals surface area contributed by atoms with Crippen molar-refractivity contribution in [2.24, 2.45) is 0 Å². The van der Waals surface area contributed by atoms with Gasteiger partial charge >= 0.3 is 6.61 Å². The molecule has 1 fully saturated rings. The van der Waals surface area contributed by atoms with Crippen LogP contribution >= 0.6 is 0 Å². The number of terminal acetylenes is 1. The number of aliphatic hydroxyl groups is 1. The molecule has 2 N–H and O–H groups in total. The minimum atomic E-state index is -3.13. The molecule has 0 spiro atoms. The lowest BCUT2D eigenvalue weighted by molar-refractivity contribution is -0.124. The van der Waals surface area contributed by atoms with E-state index in [9.17, 15) is 18.7 Å². The number of hydrogen-bond acceptors (Lipinski definition) is 5. The zero-order valence-electron chi connectivity index (χ0n) is 18.9. The first-order valence-corrected chi connectivity index (χ1v) is 10.7. The van der Waals surface area contributed by atoms with E-state index in [1.165, 1.54) is 19.2 Å². The number of carbonyl (C=O) groups is 1. The van der Waals surface area contributed by atoms with Gasteiger partial charge in [-0.2, -0.15) is 13.8 Å². The summed E-state index contributed by atoms with van der Waals surface area (Å²) in [5.41, 5.74) is -0.487. The van der Waals surface area contributed by atoms with Crippen LogP contribution in [-0.2, 0) is 10.2 Å². The predicted octanol–water partition coefficient (Wildman–Crippen LogP) is 4.63. The minimum Gasteiger partial charge on any atom is -0.481 e. The summed E-state index contributed by atoms with van der Waals surface area (Å²) in [7, 11) is 1.35. The number of alkyl halides is 2. The Balaban J connectivity index is 2.05. The lowest BCUT2D eigenvalue weighted by atomic mass is 9.63. The Morgan fingerprint density at radius 3 is 2.42 bits per heavy atom. The highest BCUT2D eigenvalue weighted by atomic mass is 19.3. The van der Waals surface area contributed by atoms with Gasteiger partial charge < -0.3 is 19.9 Å². The third-order valence-electron chi connectivity index (χ3n) is 6.23. The van der Waals surface area contributed by atoms with Gasteiger partial charge in [0.2, 0.25) is 17.7 Å². The van der Waals surface area contributed by atoms with E-state index >= 15 is 0 Å². The second-order valence-corrected chi connectivity index (χ2v) is 8.54. The van der Waals surface area contributed by atoms with Gasteiger partial charge in [-0.05, 0) is 48.8 Å². The Morgan fingerprint density at radius 1 is 1.18 bits per heavy atom. The molecule has 3 rings (SSSR count). The number of nitrogens with zero attached hydrogens (tertiary/aromatic N) is 1. The lowest BCUT2D eigenvalue weighted by Crippen LogP contribution is -2.48. The van der Waals surface area contributed by atoms with Gasteiger partial charge in [-0.25, -0.2) is 0 Å². The van der Waals surface area contributed by atoms with Crippen LogP contribution in [0.3, 0.4) is 0 Å². The van der Waals surface area contributed by atoms with Crippen LogP contribution in [0.25, 0.3) is 0 Å². The molecule has 1 heterocycles. The molecule has 0 atom stereocenters. The number of benzene rings is 1. The fraction of sp³-hybridized carbons (Fsp3) is 0.440. The number of rotatable bonds is 7. The zero-order valence-corrected chi connectivity index (χ0v) is 18.9. The Bertz CT molecular complexity index is 1040. The van der Waals surface area contributed by atoms with Crippen LogP contribution < -0.4 is 14.8 Å². The summed E-state index contributed by atoms with van der Waals surface area (Å²) in [4.78, 5) is 17.7. The first kappa shape index (κ1) is 24.5. The largest absolute Gasteiger partial charge is 0.481 e. The number of carbonyl (C=O) groups excluding carboxylic acids is 1. The molecule has 6 nitrogen and oxygen atoms in total. The molecular formula is C25H28F2N2O4. The van der Waals surface area contributed by atoms with Gasteiger partial charge in [-0.1, -0.05) is 44.0 Å². The van der Waals surface area contributed by atoms with Gasteiger partial charge in [0.1, 0.15) is 11.3 Å². The predicted molar refractivity (Wildman–Crippen MR) is 121 cm³/mol. The highest BCUT2D eigenvalue weighted by Crippen LogP contribution is 2.46. The molecule has 1 saturated carbocycles. The molecular weight excluding hydrogens is 430 g/mol. The number of pyridine rings is 1. The van der Waals surface area contributed by atoms with Crippen molar-refractivity contribution in [1.29, 1.82) is 0 Å². The van der Waals surface area contributed by atoms with Crippen molar-refractivity contribution in [3.8, 4) is 24.1 Å². The molecule has 2 aromatic rings. The molecule has 1 aromatic carbocycles. The molecule has 0 unspecified atom stereocenters. The SMILES string of the molecule is C#CC1(O)CCC(C(=O)Nc2ccc(OC)nc2OC(F)F)(c2ccccc2C(C)C)CC1. The maximum atomic E-state index is 13.8. The van der Waals surface area contributed by atoms with E-state index < -0.39 is 29.4 Å². The topological polar surface area (TPSA) is 80.7 Å². The van der Waals surface area contributed by atoms with Crippen LogP contribution in [-0.4, -0.2) is 35.3 Å². The van der Waals surface area contributed by atoms with E-state index in [1.807, 2.05) is 38.1 Å². The molecule has 1 aliphatic carbocycles. The van der Waals surface area contributed by atoms with E-state index in [0.29, 0.717) is 0 Å². The number of hydrogen-bond donors (Lipinski definition) is 2. The van der Waals surface area contributed by atoms with Gasteiger partial charge in [0, 0.05) is 6.07 Å². The Kier molecular flexibility index (Phi) is 7.23. The zero-order chi connectivity index (χ0) is 24.2. The van der Waals surface area contributed by atoms with Gasteiger partial charge in [-0.15, -0.1) is 6.42 Å². The average Bonchev–Trinajstić information content (AvgIpc) is 2.80. The Morgan fingerprint density at radius 2 is 1.85 bits per heavy atom. The molecule has 8 heteroatoms. The van der Waals surface area contributed by atoms with E-state index in [1.54, 1.807) is 0 Å². The summed E-state index contributed by atoms with van der Waals surface area (Å²) in [6, 6.07) is 10.5. The number of amides is 1. The van der Waals surface area contributed by atoms with Crippen LogP contribution in [0, 0.1) is 12.3 Å². The van der Waals surface area contributed by atoms with Crippen LogP contribution in [0.15, 0.2) is 36.4 Å². The van der Waals surface area contributed by atoms with E-state index in [4.69, 9.17) is 11.2 Å². The first-order valence-electron chi connectivity index (χ1n) is 10.7. The van der Waals surface area contributed by atoms with Gasteiger partial charge in [0.25, 0.3) is 0 Å². The average molecular weight is 459 g/mol. The quantitative estimate of drug-likeness (QED) is 0.592. The van der Waals surface area contributed by atoms with Crippen molar-refractivity contribution in [3.63, 3.8) is 0 Å². The molecule has 1 amide bonds. The maximum Gasteiger partial charge on any atom is 0.388 e. The molecule has 33 heavy (non-hydrogen) atoms. The molecule has 0 bridgehead atoms. The van der Waals surface area contributed by atoms with Crippen molar-refractivity contribution < 1.29 is 28.2 Å². The van der Waals surface area contributed by atoms with Gasteiger partial charge in [0.15, 0.2) is 0 Å². The number of aromatic nitrogens is 1. The third kappa shape index (κ3) is 5.09. The highest BCUT2D eigenvalue weighted by Gasteiger charge is 2.48. The fourth-order valence-corrected chi connectivity index (χ4v) is 4.34. The first-order chi connectivity index (χ1) is 15.6. The second-order valence-electron chi connectivity index (χ2n) is 8.54. The van der Waals surface area contributed by atoms with Crippen molar-refractivity contribution in [1.82, 2.24) is 4.98 Å². The summed E-state index contributed by atoms with van der Waals surface area (Å²) < 4.78 is 35.5. The summed E-state index contributed by atoms with van der Waals surface area (Å²) in [5, 5.41) is 13.4. The summed E-state index contributed by atoms with van der Waals surface area (Å²) >= 11 is 0. The minimum absolute atomic E-state index is 0.000267. The molecule has 1 aliphatic rings. The third-order valence-corrected chi connectivity index (χ3v) is 6.23. The summed E-state index contributed by atoms with van der Waals surface area (Å²) in [6.07, 6.45) is 6.56. The summed E-state index contributed by atoms with van der Waals surface area (Å²) in [6.45, 7) is 0.941. The monoisotopic (exact) mass is 458 g/mol. The van der Waals surface area contributed by atoms with E-state index in [-0.39, 0.29) is 43.2 Å².